The van der Waals surface area contributed by atoms with E-state index in [1.165, 1.54) is 11.3 Å². The van der Waals surface area contributed by atoms with Crippen molar-refractivity contribution in [2.45, 2.75) is 43.4 Å². The molecule has 6 heteroatoms. The van der Waals surface area contributed by atoms with Crippen molar-refractivity contribution in [2.24, 2.45) is 5.92 Å². The normalized spacial score (nSPS) is 23.3. The molecule has 1 fully saturated rings. The molecule has 3 atom stereocenters. The second kappa shape index (κ2) is 7.92. The van der Waals surface area contributed by atoms with Crippen LogP contribution in [-0.4, -0.2) is 30.8 Å². The summed E-state index contributed by atoms with van der Waals surface area (Å²) in [6.07, 6.45) is 2.40. The number of anilines is 1. The summed E-state index contributed by atoms with van der Waals surface area (Å²) < 4.78 is 24.5. The third kappa shape index (κ3) is 4.95. The molecule has 0 aliphatic carbocycles. The lowest BCUT2D eigenvalue weighted by atomic mass is 9.99. The first-order valence-corrected chi connectivity index (χ1v) is 8.54. The summed E-state index contributed by atoms with van der Waals surface area (Å²) in [6, 6.07) is 6.45. The molecule has 1 amide bonds. The largest absolute Gasteiger partial charge is 0.325 e. The van der Waals surface area contributed by atoms with Crippen LogP contribution < -0.4 is 10.2 Å². The molecule has 0 aromatic heterocycles. The molecular weight excluding hydrogens is 306 g/mol. The van der Waals surface area contributed by atoms with Crippen molar-refractivity contribution in [3.05, 3.63) is 24.3 Å². The second-order valence-corrected chi connectivity index (χ2v) is 7.04. The molecule has 1 aromatic carbocycles. The molecule has 1 aliphatic rings. The molecule has 0 bridgehead atoms. The SMILES string of the molecule is C[C@H]1CCC[NH+]([C@@H](C)C(=O)Nc2ccc(SC(F)F)cc2)C1. The van der Waals surface area contributed by atoms with E-state index in [1.54, 1.807) is 24.3 Å². The number of alkyl halides is 2. The third-order valence-electron chi connectivity index (χ3n) is 4.16. The smallest absolute Gasteiger partial charge is 0.288 e. The Labute approximate surface area is 134 Å². The van der Waals surface area contributed by atoms with Crippen molar-refractivity contribution in [1.29, 1.82) is 0 Å². The van der Waals surface area contributed by atoms with Crippen LogP contribution in [0.2, 0.25) is 0 Å². The number of piperidine rings is 1. The highest BCUT2D eigenvalue weighted by Gasteiger charge is 2.29. The fourth-order valence-corrected chi connectivity index (χ4v) is 3.38. The zero-order valence-corrected chi connectivity index (χ0v) is 13.8. The van der Waals surface area contributed by atoms with E-state index in [9.17, 15) is 13.6 Å². The number of quaternary nitrogens is 1. The molecule has 2 rings (SSSR count). The van der Waals surface area contributed by atoms with Crippen LogP contribution in [0.1, 0.15) is 26.7 Å². The summed E-state index contributed by atoms with van der Waals surface area (Å²) >= 11 is 0.505. The van der Waals surface area contributed by atoms with E-state index in [1.807, 2.05) is 6.92 Å². The minimum atomic E-state index is -2.43. The summed E-state index contributed by atoms with van der Waals surface area (Å²) in [7, 11) is 0. The molecular formula is C16H23F2N2OS+. The zero-order valence-electron chi connectivity index (χ0n) is 12.9. The predicted octanol–water partition coefficient (Wildman–Crippen LogP) is 2.64. The number of nitrogens with one attached hydrogen (secondary N) is 2. The molecule has 22 heavy (non-hydrogen) atoms. The van der Waals surface area contributed by atoms with Crippen LogP contribution >= 0.6 is 11.8 Å². The molecule has 1 saturated heterocycles. The summed E-state index contributed by atoms with van der Waals surface area (Å²) in [4.78, 5) is 14.1. The molecule has 1 aliphatic heterocycles. The standard InChI is InChI=1S/C16H22F2N2OS/c1-11-4-3-9-20(10-11)12(2)15(21)19-13-5-7-14(8-6-13)22-16(17)18/h5-8,11-12,16H,3-4,9-10H2,1-2H3,(H,19,21)/p+1/t11-,12-/m0/s1. The summed E-state index contributed by atoms with van der Waals surface area (Å²) in [5, 5.41) is 2.88. The molecule has 1 aromatic rings. The van der Waals surface area contributed by atoms with Gasteiger partial charge in [-0.3, -0.25) is 4.79 Å². The number of carbonyl (C=O) groups excluding carboxylic acids is 1. The monoisotopic (exact) mass is 329 g/mol. The highest BCUT2D eigenvalue weighted by molar-refractivity contribution is 7.99. The number of halogens is 2. The second-order valence-electron chi connectivity index (χ2n) is 5.97. The van der Waals surface area contributed by atoms with Gasteiger partial charge in [0.05, 0.1) is 13.1 Å². The van der Waals surface area contributed by atoms with Gasteiger partial charge in [0.25, 0.3) is 11.7 Å². The van der Waals surface area contributed by atoms with Gasteiger partial charge >= 0.3 is 0 Å². The van der Waals surface area contributed by atoms with Gasteiger partial charge in [-0.15, -0.1) is 0 Å². The van der Waals surface area contributed by atoms with E-state index in [-0.39, 0.29) is 11.9 Å². The first-order valence-electron chi connectivity index (χ1n) is 7.66. The Bertz CT molecular complexity index is 495. The lowest BCUT2D eigenvalue weighted by molar-refractivity contribution is -0.922. The maximum absolute atomic E-state index is 12.3. The van der Waals surface area contributed by atoms with E-state index in [0.29, 0.717) is 28.3 Å². The van der Waals surface area contributed by atoms with Crippen LogP contribution in [0.25, 0.3) is 0 Å². The summed E-state index contributed by atoms with van der Waals surface area (Å²) in [5.41, 5.74) is 0.653. The summed E-state index contributed by atoms with van der Waals surface area (Å²) in [5.74, 6) is -1.78. The van der Waals surface area contributed by atoms with Crippen LogP contribution in [0, 0.1) is 5.92 Å². The first-order chi connectivity index (χ1) is 10.5. The fraction of sp³-hybridized carbons (Fsp3) is 0.562. The van der Waals surface area contributed by atoms with E-state index >= 15 is 0 Å². The fourth-order valence-electron chi connectivity index (χ4n) is 2.88. The van der Waals surface area contributed by atoms with E-state index in [4.69, 9.17) is 0 Å². The maximum Gasteiger partial charge on any atom is 0.288 e. The molecule has 2 N–H and O–H groups in total. The Hall–Kier alpha value is -1.14. The zero-order chi connectivity index (χ0) is 16.1. The Morgan fingerprint density at radius 1 is 1.36 bits per heavy atom. The van der Waals surface area contributed by atoms with E-state index in [0.717, 1.165) is 19.5 Å². The Morgan fingerprint density at radius 3 is 2.64 bits per heavy atom. The topological polar surface area (TPSA) is 33.5 Å². The first kappa shape index (κ1) is 17.2. The van der Waals surface area contributed by atoms with Crippen molar-refractivity contribution >= 4 is 23.4 Å². The van der Waals surface area contributed by atoms with Crippen LogP contribution in [0.4, 0.5) is 14.5 Å². The molecule has 0 saturated carbocycles. The Balaban J connectivity index is 1.90. The number of benzene rings is 1. The van der Waals surface area contributed by atoms with Gasteiger partial charge in [0.2, 0.25) is 0 Å². The Kier molecular flexibility index (Phi) is 6.20. The predicted molar refractivity (Wildman–Crippen MR) is 85.5 cm³/mol. The minimum absolute atomic E-state index is 0.0154. The van der Waals surface area contributed by atoms with Gasteiger partial charge in [-0.05, 0) is 44.0 Å². The summed E-state index contributed by atoms with van der Waals surface area (Å²) in [6.45, 7) is 6.23. The van der Waals surface area contributed by atoms with Crippen molar-refractivity contribution in [3.8, 4) is 0 Å². The van der Waals surface area contributed by atoms with Crippen LogP contribution in [-0.2, 0) is 4.79 Å². The molecule has 3 nitrogen and oxygen atoms in total. The van der Waals surface area contributed by atoms with Gasteiger partial charge in [-0.1, -0.05) is 18.7 Å². The number of rotatable bonds is 5. The highest BCUT2D eigenvalue weighted by Crippen LogP contribution is 2.26. The number of carbonyl (C=O) groups is 1. The number of likely N-dealkylation sites (tertiary alicyclic amines) is 1. The highest BCUT2D eigenvalue weighted by atomic mass is 32.2. The number of thioether (sulfide) groups is 1. The number of hydrogen-bond acceptors (Lipinski definition) is 2. The molecule has 1 heterocycles. The van der Waals surface area contributed by atoms with Crippen molar-refractivity contribution < 1.29 is 18.5 Å². The average molecular weight is 329 g/mol. The van der Waals surface area contributed by atoms with Crippen LogP contribution in [0.5, 0.6) is 0 Å². The van der Waals surface area contributed by atoms with Crippen molar-refractivity contribution in [1.82, 2.24) is 0 Å². The third-order valence-corrected chi connectivity index (χ3v) is 4.88. The molecule has 1 unspecified atom stereocenters. The molecule has 0 radical (unpaired) electrons. The van der Waals surface area contributed by atoms with E-state index in [2.05, 4.69) is 12.2 Å². The quantitative estimate of drug-likeness (QED) is 0.814. The van der Waals surface area contributed by atoms with Gasteiger partial charge in [-0.25, -0.2) is 0 Å². The maximum atomic E-state index is 12.3. The van der Waals surface area contributed by atoms with Crippen LogP contribution in [0.3, 0.4) is 0 Å². The van der Waals surface area contributed by atoms with Gasteiger partial charge < -0.3 is 10.2 Å². The molecule has 122 valence electrons. The Morgan fingerprint density at radius 2 is 2.05 bits per heavy atom. The molecule has 0 spiro atoms. The van der Waals surface area contributed by atoms with Gasteiger partial charge in [0, 0.05) is 16.5 Å². The average Bonchev–Trinajstić information content (AvgIpc) is 2.48. The number of amides is 1. The van der Waals surface area contributed by atoms with Crippen LogP contribution in [0.15, 0.2) is 29.2 Å². The van der Waals surface area contributed by atoms with Gasteiger partial charge in [-0.2, -0.15) is 8.78 Å². The van der Waals surface area contributed by atoms with Crippen molar-refractivity contribution in [3.63, 3.8) is 0 Å². The lowest BCUT2D eigenvalue weighted by Crippen LogP contribution is -3.17. The van der Waals surface area contributed by atoms with Gasteiger partial charge in [0.1, 0.15) is 0 Å². The van der Waals surface area contributed by atoms with E-state index < -0.39 is 5.76 Å². The lowest BCUT2D eigenvalue weighted by Gasteiger charge is -2.31. The van der Waals surface area contributed by atoms with Gasteiger partial charge in [0.15, 0.2) is 6.04 Å². The minimum Gasteiger partial charge on any atom is -0.325 e. The van der Waals surface area contributed by atoms with Crippen molar-refractivity contribution in [2.75, 3.05) is 18.4 Å². The number of hydrogen-bond donors (Lipinski definition) is 2.